The third kappa shape index (κ3) is 13.4. The molecule has 2 aliphatic heterocycles. The Morgan fingerprint density at radius 2 is 0.923 bits per heavy atom. The summed E-state index contributed by atoms with van der Waals surface area (Å²) in [5.74, 6) is 0. The van der Waals surface area contributed by atoms with E-state index in [-0.39, 0.29) is 0 Å². The molecule has 2 aliphatic rings. The summed E-state index contributed by atoms with van der Waals surface area (Å²) >= 11 is -0.826. The summed E-state index contributed by atoms with van der Waals surface area (Å²) < 4.78 is 9.89. The molecule has 2 saturated heterocycles. The van der Waals surface area contributed by atoms with Gasteiger partial charge in [-0.2, -0.15) is 0 Å². The zero-order chi connectivity index (χ0) is 9.78. The molecule has 2 heterocycles. The van der Waals surface area contributed by atoms with Crippen LogP contribution in [0.15, 0.2) is 0 Å². The number of halogens is 2. The van der Waals surface area contributed by atoms with Gasteiger partial charge >= 0.3 is 37.9 Å². The fourth-order valence-corrected chi connectivity index (χ4v) is 1.02. The molecule has 0 aromatic rings. The Morgan fingerprint density at radius 1 is 0.692 bits per heavy atom. The molecule has 5 heteroatoms. The molecular weight excluding hydrogens is 290 g/mol. The van der Waals surface area contributed by atoms with Gasteiger partial charge in [-0.1, -0.05) is 0 Å². The van der Waals surface area contributed by atoms with Crippen molar-refractivity contribution in [1.82, 2.24) is 0 Å². The van der Waals surface area contributed by atoms with Gasteiger partial charge in [0.15, 0.2) is 0 Å². The molecule has 0 bridgehead atoms. The molecule has 0 spiro atoms. The van der Waals surface area contributed by atoms with E-state index in [4.69, 9.17) is 26.5 Å². The molecule has 0 unspecified atom stereocenters. The predicted octanol–water partition coefficient (Wildman–Crippen LogP) is 2.97. The van der Waals surface area contributed by atoms with Gasteiger partial charge in [0.05, 0.1) is 0 Å². The van der Waals surface area contributed by atoms with Crippen molar-refractivity contribution in [1.29, 1.82) is 0 Å². The summed E-state index contributed by atoms with van der Waals surface area (Å²) in [6, 6.07) is 0. The van der Waals surface area contributed by atoms with Crippen LogP contribution in [0.2, 0.25) is 0 Å². The van der Waals surface area contributed by atoms with Crippen LogP contribution in [0.25, 0.3) is 0 Å². The Hall–Kier alpha value is 1.38. The first-order valence-corrected chi connectivity index (χ1v) is 10.9. The summed E-state index contributed by atoms with van der Waals surface area (Å²) in [5, 5.41) is 0. The predicted molar refractivity (Wildman–Crippen MR) is 51.8 cm³/mol. The molecule has 0 N–H and O–H groups in total. The van der Waals surface area contributed by atoms with E-state index in [1.54, 1.807) is 0 Å². The Balaban J connectivity index is 0.000000174. The van der Waals surface area contributed by atoms with E-state index in [1.165, 1.54) is 25.7 Å². The molecule has 0 saturated carbocycles. The second kappa shape index (κ2) is 13.4. The number of hydrogen-bond acceptors (Lipinski definition) is 2. The second-order valence-electron chi connectivity index (χ2n) is 2.71. The fraction of sp³-hybridized carbons (Fsp3) is 1.00. The Labute approximate surface area is 98.9 Å². The summed E-state index contributed by atoms with van der Waals surface area (Å²) in [6.07, 6.45) is 5.11. The van der Waals surface area contributed by atoms with Gasteiger partial charge in [0, 0.05) is 26.4 Å². The van der Waals surface area contributed by atoms with Gasteiger partial charge in [-0.05, 0) is 25.7 Å². The monoisotopic (exact) mass is 304 g/mol. The number of hydrogen-bond donors (Lipinski definition) is 0. The van der Waals surface area contributed by atoms with Crippen LogP contribution in [0.3, 0.4) is 0 Å². The third-order valence-electron chi connectivity index (χ3n) is 1.65. The van der Waals surface area contributed by atoms with Gasteiger partial charge in [-0.15, -0.1) is 0 Å². The first-order valence-electron chi connectivity index (χ1n) is 4.53. The molecule has 2 rings (SSSR count). The van der Waals surface area contributed by atoms with Crippen LogP contribution in [0.4, 0.5) is 0 Å². The third-order valence-corrected chi connectivity index (χ3v) is 1.65. The van der Waals surface area contributed by atoms with Crippen molar-refractivity contribution in [3.63, 3.8) is 0 Å². The van der Waals surface area contributed by atoms with E-state index in [0.717, 1.165) is 26.4 Å². The molecular formula is C8H16Cl2O2Zr. The topological polar surface area (TPSA) is 18.5 Å². The van der Waals surface area contributed by atoms with Gasteiger partial charge in [0.25, 0.3) is 0 Å². The molecule has 2 nitrogen and oxygen atoms in total. The average Bonchev–Trinajstić information content (AvgIpc) is 2.85. The molecule has 0 amide bonds. The van der Waals surface area contributed by atoms with Crippen molar-refractivity contribution in [2.24, 2.45) is 0 Å². The summed E-state index contributed by atoms with van der Waals surface area (Å²) in [4.78, 5) is 0. The van der Waals surface area contributed by atoms with E-state index in [2.05, 4.69) is 0 Å². The number of rotatable bonds is 0. The van der Waals surface area contributed by atoms with Gasteiger partial charge < -0.3 is 9.47 Å². The van der Waals surface area contributed by atoms with E-state index in [0.29, 0.717) is 0 Å². The van der Waals surface area contributed by atoms with Gasteiger partial charge in [-0.25, -0.2) is 0 Å². The van der Waals surface area contributed by atoms with Crippen molar-refractivity contribution in [3.05, 3.63) is 0 Å². The molecule has 0 atom stereocenters. The normalized spacial score (nSPS) is 19.5. The van der Waals surface area contributed by atoms with Crippen LogP contribution in [0.5, 0.6) is 0 Å². The zero-order valence-corrected chi connectivity index (χ0v) is 11.7. The SMILES string of the molecule is C1CCOC1.C1CCOC1.[Cl][Zr][Cl]. The summed E-state index contributed by atoms with van der Waals surface area (Å²) in [6.45, 7) is 4.00. The average molecular weight is 306 g/mol. The van der Waals surface area contributed by atoms with E-state index < -0.39 is 20.8 Å². The second-order valence-corrected chi connectivity index (χ2v) is 6.44. The van der Waals surface area contributed by atoms with Gasteiger partial charge in [-0.3, -0.25) is 0 Å². The van der Waals surface area contributed by atoms with Gasteiger partial charge in [0.1, 0.15) is 0 Å². The van der Waals surface area contributed by atoms with Crippen molar-refractivity contribution in [3.8, 4) is 0 Å². The van der Waals surface area contributed by atoms with Crippen LogP contribution in [-0.4, -0.2) is 26.4 Å². The molecule has 13 heavy (non-hydrogen) atoms. The Bertz CT molecular complexity index is 63.0. The van der Waals surface area contributed by atoms with Crippen molar-refractivity contribution in [2.45, 2.75) is 25.7 Å². The standard InChI is InChI=1S/2C4H8O.2ClH.Zr/c2*1-2-4-5-3-1;;;/h2*1-4H2;2*1H;/q;;;;+2/p-2. The maximum absolute atomic E-state index is 4.94. The van der Waals surface area contributed by atoms with Crippen LogP contribution in [0.1, 0.15) is 25.7 Å². The zero-order valence-electron chi connectivity index (χ0n) is 7.73. The van der Waals surface area contributed by atoms with E-state index >= 15 is 0 Å². The van der Waals surface area contributed by atoms with E-state index in [1.807, 2.05) is 0 Å². The van der Waals surface area contributed by atoms with Crippen LogP contribution < -0.4 is 0 Å². The van der Waals surface area contributed by atoms with Crippen LogP contribution in [-0.2, 0) is 30.3 Å². The van der Waals surface area contributed by atoms with E-state index in [9.17, 15) is 0 Å². The quantitative estimate of drug-likeness (QED) is 0.685. The van der Waals surface area contributed by atoms with Crippen LogP contribution >= 0.6 is 17.0 Å². The van der Waals surface area contributed by atoms with Gasteiger partial charge in [0.2, 0.25) is 0 Å². The Morgan fingerprint density at radius 3 is 1.00 bits per heavy atom. The molecule has 0 aromatic heterocycles. The molecule has 0 radical (unpaired) electrons. The summed E-state index contributed by atoms with van der Waals surface area (Å²) in [5.41, 5.74) is 0. The fourth-order valence-electron chi connectivity index (χ4n) is 1.02. The first-order chi connectivity index (χ1) is 6.41. The van der Waals surface area contributed by atoms with Crippen molar-refractivity contribution in [2.75, 3.05) is 26.4 Å². The van der Waals surface area contributed by atoms with Crippen LogP contribution in [0, 0.1) is 0 Å². The molecule has 78 valence electrons. The van der Waals surface area contributed by atoms with Crippen molar-refractivity contribution < 1.29 is 30.3 Å². The number of ether oxygens (including phenoxy) is 2. The molecule has 0 aromatic carbocycles. The Kier molecular flexibility index (Phi) is 14.8. The minimum atomic E-state index is -0.826. The maximum atomic E-state index is 4.94. The van der Waals surface area contributed by atoms with Crippen molar-refractivity contribution >= 4 is 17.0 Å². The summed E-state index contributed by atoms with van der Waals surface area (Å²) in [7, 11) is 9.87. The molecule has 2 fully saturated rings. The first kappa shape index (κ1) is 14.4. The molecule has 0 aliphatic carbocycles. The minimum absolute atomic E-state index is 0.826.